The summed E-state index contributed by atoms with van der Waals surface area (Å²) in [6.07, 6.45) is 4.24. The summed E-state index contributed by atoms with van der Waals surface area (Å²) in [7, 11) is 0. The maximum Gasteiger partial charge on any atom is 0.257 e. The molecular formula is C21H24ClFN2O3. The Balaban J connectivity index is 1.36. The van der Waals surface area contributed by atoms with Crippen LogP contribution in [0.15, 0.2) is 18.2 Å². The average molecular weight is 407 g/mol. The summed E-state index contributed by atoms with van der Waals surface area (Å²) in [4.78, 5) is 41.2. The Hall–Kier alpha value is -1.95. The lowest BCUT2D eigenvalue weighted by Gasteiger charge is -2.41. The summed E-state index contributed by atoms with van der Waals surface area (Å²) in [5.74, 6) is -0.512. The minimum atomic E-state index is -0.591. The first-order valence-corrected chi connectivity index (χ1v) is 10.4. The van der Waals surface area contributed by atoms with Gasteiger partial charge in [-0.3, -0.25) is 14.4 Å². The number of ketones is 1. The molecule has 0 radical (unpaired) electrons. The minimum Gasteiger partial charge on any atom is -0.339 e. The normalized spacial score (nSPS) is 27.6. The molecular weight excluding hydrogens is 383 g/mol. The zero-order valence-electron chi connectivity index (χ0n) is 15.7. The zero-order chi connectivity index (χ0) is 19.8. The summed E-state index contributed by atoms with van der Waals surface area (Å²) in [6, 6.07) is 3.94. The van der Waals surface area contributed by atoms with Crippen molar-refractivity contribution >= 4 is 29.2 Å². The van der Waals surface area contributed by atoms with Crippen LogP contribution in [0.3, 0.4) is 0 Å². The predicted molar refractivity (Wildman–Crippen MR) is 102 cm³/mol. The zero-order valence-corrected chi connectivity index (χ0v) is 16.5. The standard InChI is InChI=1S/C21H24ClFN2O3/c22-16-4-5-18(23)17(12-16)21(28)25-8-6-24(7-9-25)20(27)15-10-13-2-1-3-14(11-15)19(13)26/h4-5,12-15H,1-3,6-11H2/t13-,14-/m0/s1. The number of fused-ring (bicyclic) bond motifs is 2. The van der Waals surface area contributed by atoms with Gasteiger partial charge in [0, 0.05) is 49.0 Å². The number of benzene rings is 1. The third-order valence-electron chi connectivity index (χ3n) is 6.43. The van der Waals surface area contributed by atoms with Crippen LogP contribution in [0.1, 0.15) is 42.5 Å². The third-order valence-corrected chi connectivity index (χ3v) is 6.67. The molecule has 2 bridgehead atoms. The van der Waals surface area contributed by atoms with Gasteiger partial charge < -0.3 is 9.80 Å². The molecule has 1 aromatic carbocycles. The van der Waals surface area contributed by atoms with Gasteiger partial charge in [0.05, 0.1) is 5.56 Å². The van der Waals surface area contributed by atoms with Crippen molar-refractivity contribution in [2.75, 3.05) is 26.2 Å². The number of hydrogen-bond acceptors (Lipinski definition) is 3. The van der Waals surface area contributed by atoms with Gasteiger partial charge in [0.15, 0.2) is 0 Å². The summed E-state index contributed by atoms with van der Waals surface area (Å²) in [6.45, 7) is 1.61. The van der Waals surface area contributed by atoms with E-state index < -0.39 is 11.7 Å². The highest BCUT2D eigenvalue weighted by molar-refractivity contribution is 6.31. The fourth-order valence-electron chi connectivity index (χ4n) is 4.90. The molecule has 7 heteroatoms. The van der Waals surface area contributed by atoms with E-state index in [0.717, 1.165) is 19.3 Å². The van der Waals surface area contributed by atoms with Gasteiger partial charge in [-0.25, -0.2) is 4.39 Å². The van der Waals surface area contributed by atoms with E-state index in [1.54, 1.807) is 9.80 Å². The summed E-state index contributed by atoms with van der Waals surface area (Å²) >= 11 is 5.89. The van der Waals surface area contributed by atoms with Gasteiger partial charge in [-0.1, -0.05) is 18.0 Å². The molecule has 2 atom stereocenters. The van der Waals surface area contributed by atoms with Crippen LogP contribution in [0.4, 0.5) is 4.39 Å². The van der Waals surface area contributed by atoms with E-state index in [-0.39, 0.29) is 29.2 Å². The van der Waals surface area contributed by atoms with Crippen LogP contribution in [0, 0.1) is 23.6 Å². The number of rotatable bonds is 2. The van der Waals surface area contributed by atoms with Crippen LogP contribution in [0.5, 0.6) is 0 Å². The van der Waals surface area contributed by atoms with Gasteiger partial charge in [-0.05, 0) is 43.9 Å². The van der Waals surface area contributed by atoms with Crippen LogP contribution >= 0.6 is 11.6 Å². The largest absolute Gasteiger partial charge is 0.339 e. The Labute approximate surface area is 168 Å². The van der Waals surface area contributed by atoms with E-state index in [1.807, 2.05) is 0 Å². The lowest BCUT2D eigenvalue weighted by molar-refractivity contribution is -0.144. The van der Waals surface area contributed by atoms with Gasteiger partial charge in [-0.2, -0.15) is 0 Å². The minimum absolute atomic E-state index is 0.0362. The van der Waals surface area contributed by atoms with E-state index in [0.29, 0.717) is 49.8 Å². The molecule has 2 aliphatic carbocycles. The number of halogens is 2. The topological polar surface area (TPSA) is 57.7 Å². The number of carbonyl (C=O) groups is 3. The molecule has 1 aromatic rings. The molecule has 28 heavy (non-hydrogen) atoms. The number of nitrogens with zero attached hydrogens (tertiary/aromatic N) is 2. The maximum absolute atomic E-state index is 14.0. The molecule has 1 saturated heterocycles. The highest BCUT2D eigenvalue weighted by Crippen LogP contribution is 2.40. The van der Waals surface area contributed by atoms with Crippen LogP contribution in [-0.4, -0.2) is 53.6 Å². The summed E-state index contributed by atoms with van der Waals surface area (Å²) < 4.78 is 14.0. The molecule has 0 N–H and O–H groups in total. The van der Waals surface area contributed by atoms with E-state index in [9.17, 15) is 18.8 Å². The molecule has 1 heterocycles. The molecule has 3 fully saturated rings. The smallest absolute Gasteiger partial charge is 0.257 e. The second kappa shape index (κ2) is 7.82. The van der Waals surface area contributed by atoms with Gasteiger partial charge in [0.2, 0.25) is 5.91 Å². The highest BCUT2D eigenvalue weighted by Gasteiger charge is 2.42. The van der Waals surface area contributed by atoms with Crippen molar-refractivity contribution in [1.29, 1.82) is 0 Å². The maximum atomic E-state index is 14.0. The first kappa shape index (κ1) is 19.4. The van der Waals surface area contributed by atoms with Crippen LogP contribution in [0.25, 0.3) is 0 Å². The first-order chi connectivity index (χ1) is 13.4. The predicted octanol–water partition coefficient (Wildman–Crippen LogP) is 3.16. The van der Waals surface area contributed by atoms with Crippen molar-refractivity contribution in [2.24, 2.45) is 17.8 Å². The molecule has 4 rings (SSSR count). The molecule has 2 amide bonds. The van der Waals surface area contributed by atoms with Crippen molar-refractivity contribution in [3.8, 4) is 0 Å². The lowest BCUT2D eigenvalue weighted by atomic mass is 9.67. The number of amides is 2. The van der Waals surface area contributed by atoms with Gasteiger partial charge in [-0.15, -0.1) is 0 Å². The Morgan fingerprint density at radius 3 is 2.25 bits per heavy atom. The van der Waals surface area contributed by atoms with Gasteiger partial charge in [0.25, 0.3) is 5.91 Å². The van der Waals surface area contributed by atoms with E-state index in [2.05, 4.69) is 0 Å². The lowest BCUT2D eigenvalue weighted by Crippen LogP contribution is -2.53. The quantitative estimate of drug-likeness (QED) is 0.758. The molecule has 0 aromatic heterocycles. The Kier molecular flexibility index (Phi) is 5.41. The molecule has 3 aliphatic rings. The number of carbonyl (C=O) groups excluding carboxylic acids is 3. The highest BCUT2D eigenvalue weighted by atomic mass is 35.5. The number of piperazine rings is 1. The van der Waals surface area contributed by atoms with Crippen LogP contribution < -0.4 is 0 Å². The second-order valence-electron chi connectivity index (χ2n) is 8.14. The molecule has 1 aliphatic heterocycles. The van der Waals surface area contributed by atoms with Gasteiger partial charge >= 0.3 is 0 Å². The fraction of sp³-hybridized carbons (Fsp3) is 0.571. The first-order valence-electron chi connectivity index (χ1n) is 10.0. The molecule has 150 valence electrons. The van der Waals surface area contributed by atoms with Crippen LogP contribution in [-0.2, 0) is 9.59 Å². The summed E-state index contributed by atoms with van der Waals surface area (Å²) in [5, 5.41) is 0.316. The molecule has 0 unspecified atom stereocenters. The van der Waals surface area contributed by atoms with Crippen molar-refractivity contribution in [1.82, 2.24) is 9.80 Å². The number of hydrogen-bond donors (Lipinski definition) is 0. The second-order valence-corrected chi connectivity index (χ2v) is 8.57. The molecule has 5 nitrogen and oxygen atoms in total. The SMILES string of the molecule is O=C1[C@H]2CCC[C@H]1CC(C(=O)N1CCN(C(=O)c3cc(Cl)ccc3F)CC1)C2. The number of Topliss-reactive ketones (excluding diaryl/α,β-unsaturated/α-hetero) is 1. The van der Waals surface area contributed by atoms with Crippen molar-refractivity contribution < 1.29 is 18.8 Å². The summed E-state index contributed by atoms with van der Waals surface area (Å²) in [5.41, 5.74) is -0.0362. The Morgan fingerprint density at radius 1 is 1.00 bits per heavy atom. The Bertz CT molecular complexity index is 791. The Morgan fingerprint density at radius 2 is 1.61 bits per heavy atom. The van der Waals surface area contributed by atoms with E-state index in [1.165, 1.54) is 18.2 Å². The molecule has 2 saturated carbocycles. The molecule has 0 spiro atoms. The third kappa shape index (κ3) is 3.66. The van der Waals surface area contributed by atoms with E-state index >= 15 is 0 Å². The van der Waals surface area contributed by atoms with Crippen LogP contribution in [0.2, 0.25) is 5.02 Å². The van der Waals surface area contributed by atoms with Gasteiger partial charge in [0.1, 0.15) is 11.6 Å². The van der Waals surface area contributed by atoms with E-state index in [4.69, 9.17) is 11.6 Å². The van der Waals surface area contributed by atoms with Crippen molar-refractivity contribution in [3.63, 3.8) is 0 Å². The van der Waals surface area contributed by atoms with Crippen molar-refractivity contribution in [3.05, 3.63) is 34.6 Å². The monoisotopic (exact) mass is 406 g/mol. The average Bonchev–Trinajstić information content (AvgIpc) is 2.69. The van der Waals surface area contributed by atoms with Crippen molar-refractivity contribution in [2.45, 2.75) is 32.1 Å². The fourth-order valence-corrected chi connectivity index (χ4v) is 5.07.